The normalized spacial score (nSPS) is 10.2. The summed E-state index contributed by atoms with van der Waals surface area (Å²) in [5.74, 6) is -1.06. The van der Waals surface area contributed by atoms with Crippen molar-refractivity contribution in [3.63, 3.8) is 0 Å². The molecule has 0 unspecified atom stereocenters. The fourth-order valence-electron chi connectivity index (χ4n) is 2.60. The second-order valence-corrected chi connectivity index (χ2v) is 6.42. The van der Waals surface area contributed by atoms with E-state index >= 15 is 0 Å². The molecule has 2 N–H and O–H groups in total. The Morgan fingerprint density at radius 2 is 1.39 bits per heavy atom. The van der Waals surface area contributed by atoms with Gasteiger partial charge in [0.05, 0.1) is 12.2 Å². The smallest absolute Gasteiger partial charge is 0.251 e. The largest absolute Gasteiger partial charge is 0.343 e. The zero-order valence-corrected chi connectivity index (χ0v) is 15.6. The van der Waals surface area contributed by atoms with Crippen LogP contribution in [0, 0.1) is 0 Å². The molecule has 140 valence electrons. The first-order valence-electron chi connectivity index (χ1n) is 8.57. The highest BCUT2D eigenvalue weighted by molar-refractivity contribution is 6.31. The van der Waals surface area contributed by atoms with Crippen molar-refractivity contribution < 1.29 is 14.4 Å². The van der Waals surface area contributed by atoms with Crippen LogP contribution in [0.3, 0.4) is 0 Å². The fourth-order valence-corrected chi connectivity index (χ4v) is 2.78. The maximum absolute atomic E-state index is 12.8. The summed E-state index contributed by atoms with van der Waals surface area (Å²) in [4.78, 5) is 37.1. The lowest BCUT2D eigenvalue weighted by molar-refractivity contribution is -0.115. The summed E-state index contributed by atoms with van der Waals surface area (Å²) in [6.45, 7) is -0.227. The van der Waals surface area contributed by atoms with E-state index in [0.29, 0.717) is 21.8 Å². The van der Waals surface area contributed by atoms with E-state index in [1.54, 1.807) is 66.7 Å². The Morgan fingerprint density at radius 1 is 0.786 bits per heavy atom. The van der Waals surface area contributed by atoms with Crippen molar-refractivity contribution in [1.82, 2.24) is 5.32 Å². The minimum absolute atomic E-state index is 0.227. The third kappa shape index (κ3) is 4.84. The maximum Gasteiger partial charge on any atom is 0.251 e. The zero-order valence-electron chi connectivity index (χ0n) is 14.8. The van der Waals surface area contributed by atoms with Crippen molar-refractivity contribution in [3.05, 3.63) is 101 Å². The molecule has 3 aromatic carbocycles. The van der Waals surface area contributed by atoms with Gasteiger partial charge in [-0.25, -0.2) is 0 Å². The fraction of sp³-hybridized carbons (Fsp3) is 0.0455. The van der Waals surface area contributed by atoms with Gasteiger partial charge >= 0.3 is 0 Å². The summed E-state index contributed by atoms with van der Waals surface area (Å²) in [6, 6.07) is 22.0. The standard InChI is InChI=1S/C22H17ClN2O3/c23-17-11-12-19(18(13-17)21(27)15-7-3-1-4-8-15)25-20(26)14-24-22(28)16-9-5-2-6-10-16/h1-13H,14H2,(H,24,28)(H,25,26). The number of hydrogen-bond donors (Lipinski definition) is 2. The SMILES string of the molecule is O=C(CNC(=O)c1ccccc1)Nc1ccc(Cl)cc1C(=O)c1ccccc1. The number of benzene rings is 3. The second-order valence-electron chi connectivity index (χ2n) is 5.98. The van der Waals surface area contributed by atoms with Gasteiger partial charge in [-0.05, 0) is 30.3 Å². The highest BCUT2D eigenvalue weighted by Crippen LogP contribution is 2.23. The van der Waals surface area contributed by atoms with E-state index in [0.717, 1.165) is 0 Å². The van der Waals surface area contributed by atoms with Crippen molar-refractivity contribution >= 4 is 34.9 Å². The minimum atomic E-state index is -0.450. The molecule has 0 heterocycles. The third-order valence-electron chi connectivity index (χ3n) is 3.98. The van der Waals surface area contributed by atoms with Crippen LogP contribution in [-0.4, -0.2) is 24.1 Å². The molecule has 6 heteroatoms. The Hall–Kier alpha value is -3.44. The lowest BCUT2D eigenvalue weighted by Crippen LogP contribution is -2.33. The lowest BCUT2D eigenvalue weighted by Gasteiger charge is -2.12. The Kier molecular flexibility index (Phi) is 6.19. The molecule has 0 fully saturated rings. The molecular weight excluding hydrogens is 376 g/mol. The van der Waals surface area contributed by atoms with Gasteiger partial charge in [-0.3, -0.25) is 14.4 Å². The molecule has 0 saturated carbocycles. The van der Waals surface area contributed by atoms with E-state index in [1.165, 1.54) is 6.07 Å². The van der Waals surface area contributed by atoms with Gasteiger partial charge in [-0.2, -0.15) is 0 Å². The zero-order chi connectivity index (χ0) is 19.9. The predicted octanol–water partition coefficient (Wildman–Crippen LogP) is 3.94. The highest BCUT2D eigenvalue weighted by atomic mass is 35.5. The molecule has 0 aliphatic rings. The minimum Gasteiger partial charge on any atom is -0.343 e. The second kappa shape index (κ2) is 8.97. The molecule has 0 atom stereocenters. The number of amides is 2. The molecule has 0 aliphatic heterocycles. The molecule has 0 aromatic heterocycles. The van der Waals surface area contributed by atoms with Crippen molar-refractivity contribution in [1.29, 1.82) is 0 Å². The van der Waals surface area contributed by atoms with E-state index in [1.807, 2.05) is 6.07 Å². The number of hydrogen-bond acceptors (Lipinski definition) is 3. The molecule has 0 aliphatic carbocycles. The quantitative estimate of drug-likeness (QED) is 0.624. The Labute approximate surface area is 167 Å². The van der Waals surface area contributed by atoms with Crippen molar-refractivity contribution in [2.75, 3.05) is 11.9 Å². The van der Waals surface area contributed by atoms with Crippen molar-refractivity contribution in [3.8, 4) is 0 Å². The van der Waals surface area contributed by atoms with Crippen LogP contribution in [0.1, 0.15) is 26.3 Å². The van der Waals surface area contributed by atoms with E-state index in [9.17, 15) is 14.4 Å². The number of ketones is 1. The van der Waals surface area contributed by atoms with E-state index in [4.69, 9.17) is 11.6 Å². The Bertz CT molecular complexity index is 1000. The van der Waals surface area contributed by atoms with Crippen LogP contribution in [0.5, 0.6) is 0 Å². The van der Waals surface area contributed by atoms with Gasteiger partial charge in [0, 0.05) is 21.7 Å². The summed E-state index contributed by atoms with van der Waals surface area (Å²) in [5.41, 5.74) is 1.55. The molecule has 0 saturated heterocycles. The van der Waals surface area contributed by atoms with Crippen LogP contribution in [0.4, 0.5) is 5.69 Å². The predicted molar refractivity (Wildman–Crippen MR) is 109 cm³/mol. The van der Waals surface area contributed by atoms with Crippen molar-refractivity contribution in [2.24, 2.45) is 0 Å². The monoisotopic (exact) mass is 392 g/mol. The molecule has 0 spiro atoms. The van der Waals surface area contributed by atoms with Gasteiger partial charge in [0.1, 0.15) is 0 Å². The first-order valence-corrected chi connectivity index (χ1v) is 8.95. The summed E-state index contributed by atoms with van der Waals surface area (Å²) in [6.07, 6.45) is 0. The molecule has 5 nitrogen and oxygen atoms in total. The van der Waals surface area contributed by atoms with Gasteiger partial charge in [-0.15, -0.1) is 0 Å². The van der Waals surface area contributed by atoms with Crippen LogP contribution >= 0.6 is 11.6 Å². The number of carbonyl (C=O) groups is 3. The topological polar surface area (TPSA) is 75.3 Å². The third-order valence-corrected chi connectivity index (χ3v) is 4.22. The van der Waals surface area contributed by atoms with Gasteiger partial charge < -0.3 is 10.6 Å². The molecule has 28 heavy (non-hydrogen) atoms. The van der Waals surface area contributed by atoms with Crippen LogP contribution in [-0.2, 0) is 4.79 Å². The van der Waals surface area contributed by atoms with Crippen LogP contribution in [0.15, 0.2) is 78.9 Å². The molecule has 3 aromatic rings. The lowest BCUT2D eigenvalue weighted by atomic mass is 10.0. The molecule has 0 bridgehead atoms. The Balaban J connectivity index is 1.71. The molecule has 0 radical (unpaired) electrons. The van der Waals surface area contributed by atoms with Crippen LogP contribution in [0.25, 0.3) is 0 Å². The molecule has 2 amide bonds. The van der Waals surface area contributed by atoms with Gasteiger partial charge in [0.15, 0.2) is 5.78 Å². The molecule has 3 rings (SSSR count). The number of nitrogens with one attached hydrogen (secondary N) is 2. The van der Waals surface area contributed by atoms with Crippen LogP contribution in [0.2, 0.25) is 5.02 Å². The average Bonchev–Trinajstić information content (AvgIpc) is 2.74. The number of anilines is 1. The summed E-state index contributed by atoms with van der Waals surface area (Å²) < 4.78 is 0. The van der Waals surface area contributed by atoms with Gasteiger partial charge in [0.25, 0.3) is 5.91 Å². The highest BCUT2D eigenvalue weighted by Gasteiger charge is 2.16. The summed E-state index contributed by atoms with van der Waals surface area (Å²) in [7, 11) is 0. The summed E-state index contributed by atoms with van der Waals surface area (Å²) in [5, 5.41) is 5.59. The molecular formula is C22H17ClN2O3. The maximum atomic E-state index is 12.8. The first kappa shape index (κ1) is 19.3. The number of halogens is 1. The number of carbonyl (C=O) groups excluding carboxylic acids is 3. The summed E-state index contributed by atoms with van der Waals surface area (Å²) >= 11 is 6.03. The van der Waals surface area contributed by atoms with E-state index < -0.39 is 5.91 Å². The first-order chi connectivity index (χ1) is 13.5. The van der Waals surface area contributed by atoms with Gasteiger partial charge in [-0.1, -0.05) is 60.1 Å². The average molecular weight is 393 g/mol. The van der Waals surface area contributed by atoms with Crippen LogP contribution < -0.4 is 10.6 Å². The van der Waals surface area contributed by atoms with Crippen molar-refractivity contribution in [2.45, 2.75) is 0 Å². The van der Waals surface area contributed by atoms with E-state index in [-0.39, 0.29) is 23.8 Å². The Morgan fingerprint density at radius 3 is 2.04 bits per heavy atom. The number of rotatable bonds is 6. The van der Waals surface area contributed by atoms with E-state index in [2.05, 4.69) is 10.6 Å². The van der Waals surface area contributed by atoms with Gasteiger partial charge in [0.2, 0.25) is 5.91 Å².